The molecule has 1 spiro atoms. The molecule has 2 bridgehead atoms. The lowest BCUT2D eigenvalue weighted by Crippen LogP contribution is -2.57. The minimum atomic E-state index is -1.17. The van der Waals surface area contributed by atoms with Crippen LogP contribution in [-0.4, -0.2) is 77.5 Å². The van der Waals surface area contributed by atoms with Gasteiger partial charge in [0, 0.05) is 34.9 Å². The van der Waals surface area contributed by atoms with Crippen LogP contribution in [-0.2, 0) is 19.1 Å². The molecule has 0 aromatic heterocycles. The Morgan fingerprint density at radius 2 is 1.70 bits per heavy atom. The Kier molecular flexibility index (Phi) is 9.10. The van der Waals surface area contributed by atoms with Gasteiger partial charge in [-0.15, -0.1) is 0 Å². The van der Waals surface area contributed by atoms with Crippen molar-refractivity contribution in [3.63, 3.8) is 0 Å². The zero-order valence-electron chi connectivity index (χ0n) is 23.3. The number of hydrogen-bond donors (Lipinski definition) is 2. The van der Waals surface area contributed by atoms with E-state index in [0.717, 1.165) is 51.6 Å². The number of hydrogen-bond acceptors (Lipinski definition) is 5. The summed E-state index contributed by atoms with van der Waals surface area (Å²) < 4.78 is 6.47. The molecule has 0 unspecified atom stereocenters. The molecule has 3 amide bonds. The van der Waals surface area contributed by atoms with Crippen molar-refractivity contribution in [3.05, 3.63) is 40.4 Å². The Balaban J connectivity index is 1.42. The van der Waals surface area contributed by atoms with Crippen LogP contribution in [0.2, 0.25) is 10.0 Å². The average Bonchev–Trinajstić information content (AvgIpc) is 3.55. The van der Waals surface area contributed by atoms with Gasteiger partial charge in [0.2, 0.25) is 17.7 Å². The van der Waals surface area contributed by atoms with Gasteiger partial charge in [-0.1, -0.05) is 68.5 Å². The molecule has 8 nitrogen and oxygen atoms in total. The van der Waals surface area contributed by atoms with E-state index >= 15 is 0 Å². The molecule has 0 radical (unpaired) electrons. The smallest absolute Gasteiger partial charge is 0.246 e. The predicted octanol–water partition coefficient (Wildman–Crippen LogP) is 4.65. The molecule has 4 aliphatic rings. The van der Waals surface area contributed by atoms with Crippen molar-refractivity contribution in [3.8, 4) is 0 Å². The number of likely N-dealkylation sites (tertiary alicyclic amines) is 1. The second-order valence-electron chi connectivity index (χ2n) is 11.6. The van der Waals surface area contributed by atoms with Gasteiger partial charge in [-0.3, -0.25) is 14.4 Å². The van der Waals surface area contributed by atoms with Crippen molar-refractivity contribution in [1.82, 2.24) is 15.1 Å². The molecule has 40 heavy (non-hydrogen) atoms. The molecule has 1 aromatic carbocycles. The standard InChI is InChI=1S/C30H40Cl2N4O4/c1-3-12-35(13-4-2)14-15-36-26(28(38)33-21-8-6-5-7-9-21)30-11-10-23(40-30)24(25(30)29(36)39)27(37)34-22-17-19(31)16-20(32)18-22/h10-11,16-18,21,23-26H,3-9,12-15H2,1-2H3,(H,33,38)(H,34,37)/t23-,24-,25-,26-,30-/m0/s1. The van der Waals surface area contributed by atoms with Crippen molar-refractivity contribution in [2.75, 3.05) is 31.5 Å². The topological polar surface area (TPSA) is 91.0 Å². The highest BCUT2D eigenvalue weighted by Gasteiger charge is 2.72. The quantitative estimate of drug-likeness (QED) is 0.366. The fourth-order valence-electron chi connectivity index (χ4n) is 7.10. The highest BCUT2D eigenvalue weighted by Crippen LogP contribution is 2.55. The van der Waals surface area contributed by atoms with E-state index < -0.39 is 29.6 Å². The maximum Gasteiger partial charge on any atom is 0.246 e. The van der Waals surface area contributed by atoms with Gasteiger partial charge in [-0.2, -0.15) is 0 Å². The summed E-state index contributed by atoms with van der Waals surface area (Å²) in [5.41, 5.74) is -0.721. The van der Waals surface area contributed by atoms with E-state index in [1.54, 1.807) is 23.1 Å². The molecular formula is C30H40Cl2N4O4. The Hall–Kier alpha value is -2.13. The van der Waals surface area contributed by atoms with Crippen LogP contribution in [0.1, 0.15) is 58.8 Å². The van der Waals surface area contributed by atoms with Crippen LogP contribution in [0.5, 0.6) is 0 Å². The summed E-state index contributed by atoms with van der Waals surface area (Å²) in [5, 5.41) is 6.93. The van der Waals surface area contributed by atoms with Crippen LogP contribution in [0.3, 0.4) is 0 Å². The summed E-state index contributed by atoms with van der Waals surface area (Å²) in [4.78, 5) is 45.8. The number of halogens is 2. The van der Waals surface area contributed by atoms with Crippen molar-refractivity contribution in [2.24, 2.45) is 11.8 Å². The maximum absolute atomic E-state index is 14.2. The van der Waals surface area contributed by atoms with E-state index in [4.69, 9.17) is 27.9 Å². The molecule has 3 fully saturated rings. The van der Waals surface area contributed by atoms with Gasteiger partial charge >= 0.3 is 0 Å². The lowest BCUT2D eigenvalue weighted by molar-refractivity contribution is -0.141. The first-order chi connectivity index (χ1) is 19.3. The summed E-state index contributed by atoms with van der Waals surface area (Å²) in [6.45, 7) is 7.20. The third kappa shape index (κ3) is 5.65. The Morgan fingerprint density at radius 1 is 1.02 bits per heavy atom. The lowest BCUT2D eigenvalue weighted by atomic mass is 9.74. The van der Waals surface area contributed by atoms with Crippen molar-refractivity contribution < 1.29 is 19.1 Å². The molecule has 1 aliphatic carbocycles. The van der Waals surface area contributed by atoms with Crippen molar-refractivity contribution in [2.45, 2.75) is 82.6 Å². The van der Waals surface area contributed by atoms with E-state index in [2.05, 4.69) is 29.4 Å². The van der Waals surface area contributed by atoms with Gasteiger partial charge < -0.3 is 25.2 Å². The zero-order chi connectivity index (χ0) is 28.4. The fraction of sp³-hybridized carbons (Fsp3) is 0.633. The Morgan fingerprint density at radius 3 is 2.35 bits per heavy atom. The monoisotopic (exact) mass is 590 g/mol. The SMILES string of the molecule is CCCN(CCC)CCN1C(=O)[C@@H]2[C@@H](C(=O)Nc3cc(Cl)cc(Cl)c3)[C@@H]3C=C[C@@]2(O3)[C@@H]1C(=O)NC1CCCCC1. The van der Waals surface area contributed by atoms with Crippen LogP contribution >= 0.6 is 23.2 Å². The molecule has 10 heteroatoms. The third-order valence-corrected chi connectivity index (χ3v) is 9.18. The van der Waals surface area contributed by atoms with Gasteiger partial charge in [0.1, 0.15) is 11.6 Å². The Labute approximate surface area is 246 Å². The summed E-state index contributed by atoms with van der Waals surface area (Å²) in [7, 11) is 0. The number of amides is 3. The maximum atomic E-state index is 14.2. The number of benzene rings is 1. The lowest BCUT2D eigenvalue weighted by Gasteiger charge is -2.35. The van der Waals surface area contributed by atoms with Gasteiger partial charge in [0.05, 0.1) is 17.9 Å². The van der Waals surface area contributed by atoms with E-state index in [1.807, 2.05) is 12.2 Å². The number of carbonyl (C=O) groups is 3. The minimum Gasteiger partial charge on any atom is -0.359 e. The number of nitrogens with zero attached hydrogens (tertiary/aromatic N) is 2. The molecule has 3 aliphatic heterocycles. The number of fused-ring (bicyclic) bond motifs is 1. The average molecular weight is 592 g/mol. The number of nitrogens with one attached hydrogen (secondary N) is 2. The van der Waals surface area contributed by atoms with E-state index in [-0.39, 0.29) is 23.8 Å². The van der Waals surface area contributed by atoms with E-state index in [1.165, 1.54) is 6.42 Å². The molecule has 5 rings (SSSR count). The van der Waals surface area contributed by atoms with E-state index in [9.17, 15) is 14.4 Å². The minimum absolute atomic E-state index is 0.0968. The van der Waals surface area contributed by atoms with Crippen molar-refractivity contribution in [1.29, 1.82) is 0 Å². The first-order valence-corrected chi connectivity index (χ1v) is 15.5. The molecule has 2 N–H and O–H groups in total. The van der Waals surface area contributed by atoms with Crippen LogP contribution in [0.4, 0.5) is 5.69 Å². The van der Waals surface area contributed by atoms with Crippen LogP contribution < -0.4 is 10.6 Å². The van der Waals surface area contributed by atoms with Gasteiger partial charge in [0.25, 0.3) is 0 Å². The summed E-state index contributed by atoms with van der Waals surface area (Å²) in [5.74, 6) is -2.29. The largest absolute Gasteiger partial charge is 0.359 e. The van der Waals surface area contributed by atoms with Gasteiger partial charge in [-0.25, -0.2) is 0 Å². The number of anilines is 1. The van der Waals surface area contributed by atoms with E-state index in [0.29, 0.717) is 28.8 Å². The molecule has 1 saturated carbocycles. The zero-order valence-corrected chi connectivity index (χ0v) is 24.8. The molecule has 218 valence electrons. The fourth-order valence-corrected chi connectivity index (χ4v) is 7.63. The molecule has 1 aromatic rings. The molecule has 3 heterocycles. The predicted molar refractivity (Wildman–Crippen MR) is 156 cm³/mol. The third-order valence-electron chi connectivity index (χ3n) is 8.74. The number of ether oxygens (including phenoxy) is 1. The highest BCUT2D eigenvalue weighted by molar-refractivity contribution is 6.35. The normalized spacial score (nSPS) is 29.3. The van der Waals surface area contributed by atoms with Gasteiger partial charge in [0.15, 0.2) is 0 Å². The second-order valence-corrected chi connectivity index (χ2v) is 12.4. The van der Waals surface area contributed by atoms with Crippen LogP contribution in [0.15, 0.2) is 30.4 Å². The molecule has 2 saturated heterocycles. The highest BCUT2D eigenvalue weighted by atomic mass is 35.5. The molecular weight excluding hydrogens is 551 g/mol. The number of carbonyl (C=O) groups excluding carboxylic acids is 3. The summed E-state index contributed by atoms with van der Waals surface area (Å²) in [6.07, 6.45) is 10.4. The van der Waals surface area contributed by atoms with Crippen LogP contribution in [0.25, 0.3) is 0 Å². The second kappa shape index (κ2) is 12.4. The Bertz CT molecular complexity index is 1130. The summed E-state index contributed by atoms with van der Waals surface area (Å²) >= 11 is 12.3. The number of rotatable bonds is 11. The first-order valence-electron chi connectivity index (χ1n) is 14.7. The summed E-state index contributed by atoms with van der Waals surface area (Å²) in [6, 6.07) is 4.09. The molecule has 5 atom stereocenters. The van der Waals surface area contributed by atoms with Gasteiger partial charge in [-0.05, 0) is 57.0 Å². The van der Waals surface area contributed by atoms with Crippen LogP contribution in [0, 0.1) is 11.8 Å². The van der Waals surface area contributed by atoms with Crippen molar-refractivity contribution >= 4 is 46.6 Å². The first kappa shape index (κ1) is 29.4.